The summed E-state index contributed by atoms with van der Waals surface area (Å²) in [7, 11) is 1.75. The van der Waals surface area contributed by atoms with Gasteiger partial charge < -0.3 is 25.4 Å². The number of hydrogen-bond acceptors (Lipinski definition) is 5. The molecule has 7 nitrogen and oxygen atoms in total. The van der Waals surface area contributed by atoms with Crippen molar-refractivity contribution >= 4 is 47.2 Å². The largest absolute Gasteiger partial charge is 0.490 e. The predicted molar refractivity (Wildman–Crippen MR) is 139 cm³/mol. The van der Waals surface area contributed by atoms with Crippen LogP contribution in [0.2, 0.25) is 0 Å². The average Bonchev–Trinajstić information content (AvgIpc) is 3.29. The Kier molecular flexibility index (Phi) is 13.7. The first kappa shape index (κ1) is 27.0. The molecule has 1 amide bonds. The van der Waals surface area contributed by atoms with E-state index in [0.717, 1.165) is 48.3 Å². The van der Waals surface area contributed by atoms with E-state index in [0.29, 0.717) is 19.8 Å². The second kappa shape index (κ2) is 15.7. The van der Waals surface area contributed by atoms with Crippen LogP contribution in [-0.4, -0.2) is 51.8 Å². The highest BCUT2D eigenvalue weighted by atomic mass is 127. The highest BCUT2D eigenvalue weighted by Crippen LogP contribution is 2.28. The van der Waals surface area contributed by atoms with E-state index < -0.39 is 0 Å². The minimum Gasteiger partial charge on any atom is -0.490 e. The van der Waals surface area contributed by atoms with Gasteiger partial charge in [0.2, 0.25) is 0 Å². The minimum atomic E-state index is -0.0192. The van der Waals surface area contributed by atoms with E-state index in [4.69, 9.17) is 9.47 Å². The van der Waals surface area contributed by atoms with E-state index in [9.17, 15) is 4.79 Å². The number of thiophene rings is 1. The van der Waals surface area contributed by atoms with Crippen molar-refractivity contribution in [2.24, 2.45) is 4.99 Å². The number of benzene rings is 1. The normalized spacial score (nSPS) is 10.7. The second-order valence-electron chi connectivity index (χ2n) is 6.41. The molecule has 3 N–H and O–H groups in total. The zero-order chi connectivity index (χ0) is 21.6. The number of guanidine groups is 1. The quantitative estimate of drug-likeness (QED) is 0.160. The lowest BCUT2D eigenvalue weighted by atomic mass is 10.1. The van der Waals surface area contributed by atoms with E-state index >= 15 is 0 Å². The van der Waals surface area contributed by atoms with Gasteiger partial charge in [-0.25, -0.2) is 0 Å². The summed E-state index contributed by atoms with van der Waals surface area (Å²) in [5, 5.41) is 11.4. The summed E-state index contributed by atoms with van der Waals surface area (Å²) in [6, 6.07) is 9.75. The minimum absolute atomic E-state index is 0. The number of amides is 1. The molecule has 0 spiro atoms. The molecular weight excluding hydrogens is 527 g/mol. The summed E-state index contributed by atoms with van der Waals surface area (Å²) in [6.07, 6.45) is 1.65. The summed E-state index contributed by atoms with van der Waals surface area (Å²) in [5.74, 6) is 2.29. The van der Waals surface area contributed by atoms with Crippen molar-refractivity contribution in [1.82, 2.24) is 16.0 Å². The average molecular weight is 561 g/mol. The molecule has 172 valence electrons. The molecule has 0 unspecified atom stereocenters. The predicted octanol–water partition coefficient (Wildman–Crippen LogP) is 3.69. The molecule has 0 fully saturated rings. The smallest absolute Gasteiger partial charge is 0.261 e. The summed E-state index contributed by atoms with van der Waals surface area (Å²) in [5.41, 5.74) is 1.17. The maximum Gasteiger partial charge on any atom is 0.261 e. The SMILES string of the molecule is CCOc1ccc(CCNC(=NC)NCCCNC(=O)c2cccs2)cc1OCC.I. The van der Waals surface area contributed by atoms with Gasteiger partial charge in [0, 0.05) is 26.7 Å². The fourth-order valence-corrected chi connectivity index (χ4v) is 3.43. The number of nitrogens with one attached hydrogen (secondary N) is 3. The summed E-state index contributed by atoms with van der Waals surface area (Å²) in [6.45, 7) is 7.23. The Hall–Kier alpha value is -2.01. The maximum atomic E-state index is 11.9. The molecule has 0 saturated heterocycles. The third-order valence-corrected chi connectivity index (χ3v) is 5.08. The molecule has 2 aromatic rings. The van der Waals surface area contributed by atoms with Crippen LogP contribution in [0, 0.1) is 0 Å². The molecule has 31 heavy (non-hydrogen) atoms. The van der Waals surface area contributed by atoms with Crippen molar-refractivity contribution in [2.45, 2.75) is 26.7 Å². The standard InChI is InChI=1S/C22H32N4O3S.HI/c1-4-28-18-10-9-17(16-19(18)29-5-2)11-14-26-22(23-3)25-13-7-12-24-21(27)20-8-6-15-30-20;/h6,8-10,15-16H,4-5,7,11-14H2,1-3H3,(H,24,27)(H2,23,25,26);1H. The van der Waals surface area contributed by atoms with E-state index in [1.165, 1.54) is 16.9 Å². The lowest BCUT2D eigenvalue weighted by Gasteiger charge is -2.14. The Labute approximate surface area is 206 Å². The third kappa shape index (κ3) is 9.77. The number of ether oxygens (including phenoxy) is 2. The third-order valence-electron chi connectivity index (χ3n) is 4.21. The number of hydrogen-bond donors (Lipinski definition) is 3. The molecule has 1 heterocycles. The van der Waals surface area contributed by atoms with Gasteiger partial charge in [-0.05, 0) is 55.8 Å². The molecule has 2 rings (SSSR count). The monoisotopic (exact) mass is 560 g/mol. The van der Waals surface area contributed by atoms with Crippen LogP contribution in [0.15, 0.2) is 40.7 Å². The number of halogens is 1. The zero-order valence-electron chi connectivity index (χ0n) is 18.4. The van der Waals surface area contributed by atoms with Crippen LogP contribution in [0.1, 0.15) is 35.5 Å². The first-order valence-corrected chi connectivity index (χ1v) is 11.2. The van der Waals surface area contributed by atoms with Gasteiger partial charge in [0.05, 0.1) is 18.1 Å². The molecule has 0 aliphatic carbocycles. The molecule has 0 saturated carbocycles. The first-order chi connectivity index (χ1) is 14.7. The number of aliphatic imine (C=N–C) groups is 1. The lowest BCUT2D eigenvalue weighted by molar-refractivity contribution is 0.0957. The van der Waals surface area contributed by atoms with Gasteiger partial charge in [-0.2, -0.15) is 0 Å². The Morgan fingerprint density at radius 2 is 1.71 bits per heavy atom. The van der Waals surface area contributed by atoms with E-state index in [2.05, 4.69) is 27.0 Å². The molecule has 0 aliphatic rings. The highest BCUT2D eigenvalue weighted by Gasteiger charge is 2.07. The van der Waals surface area contributed by atoms with Crippen LogP contribution in [-0.2, 0) is 6.42 Å². The van der Waals surface area contributed by atoms with Gasteiger partial charge in [0.15, 0.2) is 17.5 Å². The van der Waals surface area contributed by atoms with E-state index in [1.807, 2.05) is 43.5 Å². The fraction of sp³-hybridized carbons (Fsp3) is 0.455. The van der Waals surface area contributed by atoms with Crippen LogP contribution in [0.5, 0.6) is 11.5 Å². The number of nitrogens with zero attached hydrogens (tertiary/aromatic N) is 1. The van der Waals surface area contributed by atoms with Crippen LogP contribution >= 0.6 is 35.3 Å². The maximum absolute atomic E-state index is 11.9. The van der Waals surface area contributed by atoms with Crippen molar-refractivity contribution in [3.63, 3.8) is 0 Å². The molecule has 0 bridgehead atoms. The topological polar surface area (TPSA) is 84.0 Å². The van der Waals surface area contributed by atoms with Gasteiger partial charge in [-0.1, -0.05) is 12.1 Å². The Morgan fingerprint density at radius 1 is 1.00 bits per heavy atom. The van der Waals surface area contributed by atoms with Crippen LogP contribution < -0.4 is 25.4 Å². The molecule has 0 aliphatic heterocycles. The molecule has 0 atom stereocenters. The van der Waals surface area contributed by atoms with E-state index in [-0.39, 0.29) is 29.9 Å². The van der Waals surface area contributed by atoms with Gasteiger partial charge in [-0.3, -0.25) is 9.79 Å². The number of carbonyl (C=O) groups is 1. The summed E-state index contributed by atoms with van der Waals surface area (Å²) >= 11 is 1.45. The first-order valence-electron chi connectivity index (χ1n) is 10.3. The summed E-state index contributed by atoms with van der Waals surface area (Å²) < 4.78 is 11.3. The van der Waals surface area contributed by atoms with Crippen LogP contribution in [0.25, 0.3) is 0 Å². The van der Waals surface area contributed by atoms with Crippen LogP contribution in [0.4, 0.5) is 0 Å². The Morgan fingerprint density at radius 3 is 2.39 bits per heavy atom. The molecule has 1 aromatic carbocycles. The Balaban J connectivity index is 0.00000480. The van der Waals surface area contributed by atoms with Gasteiger partial charge in [0.25, 0.3) is 5.91 Å². The van der Waals surface area contributed by atoms with Gasteiger partial charge in [0.1, 0.15) is 0 Å². The van der Waals surface area contributed by atoms with Crippen molar-refractivity contribution in [1.29, 1.82) is 0 Å². The summed E-state index contributed by atoms with van der Waals surface area (Å²) in [4.78, 5) is 16.9. The van der Waals surface area contributed by atoms with Crippen molar-refractivity contribution in [3.8, 4) is 11.5 Å². The zero-order valence-corrected chi connectivity index (χ0v) is 21.5. The van der Waals surface area contributed by atoms with E-state index in [1.54, 1.807) is 7.05 Å². The van der Waals surface area contributed by atoms with Crippen molar-refractivity contribution in [3.05, 3.63) is 46.2 Å². The van der Waals surface area contributed by atoms with Crippen molar-refractivity contribution < 1.29 is 14.3 Å². The number of carbonyl (C=O) groups excluding carboxylic acids is 1. The van der Waals surface area contributed by atoms with Gasteiger partial charge in [-0.15, -0.1) is 35.3 Å². The molecular formula is C22H33IN4O3S. The Bertz CT molecular complexity index is 800. The molecule has 9 heteroatoms. The molecule has 0 radical (unpaired) electrons. The second-order valence-corrected chi connectivity index (χ2v) is 7.36. The van der Waals surface area contributed by atoms with Crippen LogP contribution in [0.3, 0.4) is 0 Å². The molecule has 1 aromatic heterocycles. The van der Waals surface area contributed by atoms with Gasteiger partial charge >= 0.3 is 0 Å². The number of rotatable bonds is 12. The lowest BCUT2D eigenvalue weighted by Crippen LogP contribution is -2.39. The fourth-order valence-electron chi connectivity index (χ4n) is 2.79. The highest BCUT2D eigenvalue weighted by molar-refractivity contribution is 14.0. The van der Waals surface area contributed by atoms with Crippen molar-refractivity contribution in [2.75, 3.05) is 39.9 Å².